The summed E-state index contributed by atoms with van der Waals surface area (Å²) in [6, 6.07) is 4.69. The number of hydrogen-bond acceptors (Lipinski definition) is 2. The molecule has 15 heavy (non-hydrogen) atoms. The van der Waals surface area contributed by atoms with E-state index in [4.69, 9.17) is 11.6 Å². The van der Waals surface area contributed by atoms with Crippen LogP contribution in [0.1, 0.15) is 5.56 Å². The number of nitrogens with zero attached hydrogens (tertiary/aromatic N) is 1. The Labute approximate surface area is 93.6 Å². The van der Waals surface area contributed by atoms with E-state index < -0.39 is 5.82 Å². The maximum absolute atomic E-state index is 13.4. The lowest BCUT2D eigenvalue weighted by Crippen LogP contribution is -2.23. The number of Topliss-reactive ketones (excluding diaryl/α,β-unsaturated/α-hetero) is 1. The van der Waals surface area contributed by atoms with Gasteiger partial charge in [0.2, 0.25) is 0 Å². The minimum atomic E-state index is -0.494. The summed E-state index contributed by atoms with van der Waals surface area (Å²) >= 11 is 5.61. The van der Waals surface area contributed by atoms with E-state index in [1.54, 1.807) is 31.1 Å². The molecule has 1 rings (SSSR count). The van der Waals surface area contributed by atoms with Gasteiger partial charge in [0.15, 0.2) is 5.78 Å². The Morgan fingerprint density at radius 3 is 2.73 bits per heavy atom. The fourth-order valence-corrected chi connectivity index (χ4v) is 1.50. The predicted octanol–water partition coefficient (Wildman–Crippen LogP) is 2.15. The molecule has 0 saturated carbocycles. The summed E-state index contributed by atoms with van der Waals surface area (Å²) in [5.41, 5.74) is 0.356. The summed E-state index contributed by atoms with van der Waals surface area (Å²) in [7, 11) is 3.60. The van der Waals surface area contributed by atoms with Gasteiger partial charge >= 0.3 is 0 Å². The van der Waals surface area contributed by atoms with Crippen LogP contribution < -0.4 is 0 Å². The molecule has 4 heteroatoms. The molecule has 1 aromatic carbocycles. The summed E-state index contributed by atoms with van der Waals surface area (Å²) in [5, 5.41) is 0.0603. The molecule has 0 aliphatic carbocycles. The Morgan fingerprint density at radius 1 is 1.47 bits per heavy atom. The molecule has 0 fully saturated rings. The Kier molecular flexibility index (Phi) is 4.24. The largest absolute Gasteiger partial charge is 0.302 e. The molecule has 2 nitrogen and oxygen atoms in total. The Balaban J connectivity index is 2.73. The summed E-state index contributed by atoms with van der Waals surface area (Å²) in [6.07, 6.45) is 0.0879. The molecule has 0 atom stereocenters. The van der Waals surface area contributed by atoms with Gasteiger partial charge in [-0.2, -0.15) is 0 Å². The van der Waals surface area contributed by atoms with E-state index in [-0.39, 0.29) is 17.2 Å². The molecule has 0 aromatic heterocycles. The molecule has 0 radical (unpaired) electrons. The van der Waals surface area contributed by atoms with Crippen molar-refractivity contribution in [2.24, 2.45) is 0 Å². The summed E-state index contributed by atoms with van der Waals surface area (Å²) < 4.78 is 13.4. The van der Waals surface area contributed by atoms with Gasteiger partial charge in [-0.3, -0.25) is 4.79 Å². The lowest BCUT2D eigenvalue weighted by molar-refractivity contribution is -0.119. The van der Waals surface area contributed by atoms with E-state index in [0.29, 0.717) is 12.1 Å². The molecule has 1 aromatic rings. The Hall–Kier alpha value is -0.930. The maximum atomic E-state index is 13.4. The van der Waals surface area contributed by atoms with E-state index >= 15 is 0 Å². The maximum Gasteiger partial charge on any atom is 0.151 e. The topological polar surface area (TPSA) is 20.3 Å². The molecule has 0 aliphatic heterocycles. The fourth-order valence-electron chi connectivity index (χ4n) is 1.31. The normalized spacial score (nSPS) is 10.7. The highest BCUT2D eigenvalue weighted by atomic mass is 35.5. The number of halogens is 2. The van der Waals surface area contributed by atoms with E-state index in [1.807, 2.05) is 0 Å². The SMILES string of the molecule is CN(C)CC(=O)Cc1cccc(Cl)c1F. The van der Waals surface area contributed by atoms with Crippen LogP contribution in [0, 0.1) is 5.82 Å². The van der Waals surface area contributed by atoms with Gasteiger partial charge in [0, 0.05) is 6.42 Å². The first kappa shape index (κ1) is 12.1. The van der Waals surface area contributed by atoms with Crippen molar-refractivity contribution in [3.63, 3.8) is 0 Å². The van der Waals surface area contributed by atoms with Gasteiger partial charge in [-0.25, -0.2) is 4.39 Å². The lowest BCUT2D eigenvalue weighted by Gasteiger charge is -2.08. The van der Waals surface area contributed by atoms with Crippen LogP contribution in [0.2, 0.25) is 5.02 Å². The fraction of sp³-hybridized carbons (Fsp3) is 0.364. The first-order chi connectivity index (χ1) is 7.00. The third kappa shape index (κ3) is 3.61. The van der Waals surface area contributed by atoms with Crippen LogP contribution in [0.4, 0.5) is 4.39 Å². The van der Waals surface area contributed by atoms with Crippen LogP contribution in [0.15, 0.2) is 18.2 Å². The van der Waals surface area contributed by atoms with Gasteiger partial charge in [-0.05, 0) is 25.7 Å². The molecular formula is C11H13ClFNO. The first-order valence-electron chi connectivity index (χ1n) is 4.60. The van der Waals surface area contributed by atoms with Crippen LogP contribution in [0.5, 0.6) is 0 Å². The Bertz CT molecular complexity index is 366. The highest BCUT2D eigenvalue weighted by Crippen LogP contribution is 2.18. The second kappa shape index (κ2) is 5.24. The molecule has 0 bridgehead atoms. The average molecular weight is 230 g/mol. The molecule has 0 heterocycles. The minimum absolute atomic E-state index is 0.0267. The molecule has 0 N–H and O–H groups in total. The average Bonchev–Trinajstić information content (AvgIpc) is 2.11. The Morgan fingerprint density at radius 2 is 2.13 bits per heavy atom. The molecule has 82 valence electrons. The van der Waals surface area contributed by atoms with E-state index in [1.165, 1.54) is 6.07 Å². The van der Waals surface area contributed by atoms with Crippen molar-refractivity contribution in [1.29, 1.82) is 0 Å². The van der Waals surface area contributed by atoms with Crippen molar-refractivity contribution in [3.05, 3.63) is 34.6 Å². The number of likely N-dealkylation sites (N-methyl/N-ethyl adjacent to an activating group) is 1. The third-order valence-electron chi connectivity index (χ3n) is 1.91. The van der Waals surface area contributed by atoms with E-state index in [2.05, 4.69) is 0 Å². The number of carbonyl (C=O) groups excluding carboxylic acids is 1. The van der Waals surface area contributed by atoms with Crippen molar-refractivity contribution >= 4 is 17.4 Å². The standard InChI is InChI=1S/C11H13ClFNO/c1-14(2)7-9(15)6-8-4-3-5-10(12)11(8)13/h3-5H,6-7H2,1-2H3. The monoisotopic (exact) mass is 229 g/mol. The van der Waals surface area contributed by atoms with Crippen LogP contribution in [-0.2, 0) is 11.2 Å². The number of benzene rings is 1. The van der Waals surface area contributed by atoms with Crippen molar-refractivity contribution < 1.29 is 9.18 Å². The molecule has 0 spiro atoms. The molecule has 0 unspecified atom stereocenters. The van der Waals surface area contributed by atoms with Gasteiger partial charge < -0.3 is 4.90 Å². The van der Waals surface area contributed by atoms with E-state index in [0.717, 1.165) is 0 Å². The zero-order valence-electron chi connectivity index (χ0n) is 8.76. The van der Waals surface area contributed by atoms with Gasteiger partial charge in [0.25, 0.3) is 0 Å². The highest BCUT2D eigenvalue weighted by molar-refractivity contribution is 6.30. The van der Waals surface area contributed by atoms with Crippen LogP contribution >= 0.6 is 11.6 Å². The van der Waals surface area contributed by atoms with Crippen molar-refractivity contribution in [1.82, 2.24) is 4.90 Å². The third-order valence-corrected chi connectivity index (χ3v) is 2.20. The second-order valence-electron chi connectivity index (χ2n) is 3.67. The van der Waals surface area contributed by atoms with Crippen LogP contribution in [-0.4, -0.2) is 31.3 Å². The van der Waals surface area contributed by atoms with Crippen LogP contribution in [0.25, 0.3) is 0 Å². The summed E-state index contributed by atoms with van der Waals surface area (Å²) in [4.78, 5) is 13.2. The molecule has 0 amide bonds. The van der Waals surface area contributed by atoms with Gasteiger partial charge in [-0.1, -0.05) is 23.7 Å². The highest BCUT2D eigenvalue weighted by Gasteiger charge is 2.10. The van der Waals surface area contributed by atoms with Crippen molar-refractivity contribution in [2.45, 2.75) is 6.42 Å². The molecular weight excluding hydrogens is 217 g/mol. The van der Waals surface area contributed by atoms with Gasteiger partial charge in [0.1, 0.15) is 5.82 Å². The number of hydrogen-bond donors (Lipinski definition) is 0. The smallest absolute Gasteiger partial charge is 0.151 e. The quantitative estimate of drug-likeness (QED) is 0.789. The number of rotatable bonds is 4. The van der Waals surface area contributed by atoms with E-state index in [9.17, 15) is 9.18 Å². The first-order valence-corrected chi connectivity index (χ1v) is 4.98. The molecule has 0 saturated heterocycles. The zero-order chi connectivity index (χ0) is 11.4. The number of carbonyl (C=O) groups is 1. The van der Waals surface area contributed by atoms with Gasteiger partial charge in [0.05, 0.1) is 11.6 Å². The van der Waals surface area contributed by atoms with Gasteiger partial charge in [-0.15, -0.1) is 0 Å². The molecule has 0 aliphatic rings. The van der Waals surface area contributed by atoms with Crippen molar-refractivity contribution in [3.8, 4) is 0 Å². The summed E-state index contributed by atoms with van der Waals surface area (Å²) in [6.45, 7) is 0.311. The van der Waals surface area contributed by atoms with Crippen LogP contribution in [0.3, 0.4) is 0 Å². The number of ketones is 1. The zero-order valence-corrected chi connectivity index (χ0v) is 9.51. The van der Waals surface area contributed by atoms with Crippen molar-refractivity contribution in [2.75, 3.05) is 20.6 Å². The summed E-state index contributed by atoms with van der Waals surface area (Å²) in [5.74, 6) is -0.521. The predicted molar refractivity (Wildman–Crippen MR) is 58.7 cm³/mol. The lowest BCUT2D eigenvalue weighted by atomic mass is 10.1. The second-order valence-corrected chi connectivity index (χ2v) is 4.07. The minimum Gasteiger partial charge on any atom is -0.302 e.